The van der Waals surface area contributed by atoms with Crippen LogP contribution in [-0.2, 0) is 4.79 Å². The van der Waals surface area contributed by atoms with Crippen molar-refractivity contribution in [3.8, 4) is 5.75 Å². The average molecular weight is 446 g/mol. The van der Waals surface area contributed by atoms with Gasteiger partial charge in [0.2, 0.25) is 5.91 Å². The Morgan fingerprint density at radius 1 is 0.938 bits per heavy atom. The summed E-state index contributed by atoms with van der Waals surface area (Å²) in [4.78, 5) is 24.5. The van der Waals surface area contributed by atoms with E-state index in [1.807, 2.05) is 55.5 Å². The molecule has 162 valence electrons. The number of methoxy groups -OCH3 is 1. The van der Waals surface area contributed by atoms with E-state index in [1.165, 1.54) is 6.08 Å². The Hall–Kier alpha value is -3.97. The molecule has 3 rings (SSSR count). The summed E-state index contributed by atoms with van der Waals surface area (Å²) in [6, 6.07) is 21.7. The maximum Gasteiger partial charge on any atom is 0.255 e. The third-order valence-corrected chi connectivity index (χ3v) is 4.75. The molecule has 0 saturated carbocycles. The molecule has 0 aliphatic rings. The zero-order valence-corrected chi connectivity index (χ0v) is 18.5. The van der Waals surface area contributed by atoms with Gasteiger partial charge in [-0.1, -0.05) is 30.3 Å². The van der Waals surface area contributed by atoms with Crippen molar-refractivity contribution in [3.05, 3.63) is 95.6 Å². The lowest BCUT2D eigenvalue weighted by Crippen LogP contribution is -2.32. The summed E-state index contributed by atoms with van der Waals surface area (Å²) in [5, 5.41) is 8.65. The van der Waals surface area contributed by atoms with Crippen molar-refractivity contribution >= 4 is 46.6 Å². The van der Waals surface area contributed by atoms with Crippen molar-refractivity contribution in [2.24, 2.45) is 0 Å². The molecule has 0 unspecified atom stereocenters. The molecule has 3 N–H and O–H groups in total. The van der Waals surface area contributed by atoms with E-state index in [2.05, 4.69) is 16.0 Å². The highest BCUT2D eigenvalue weighted by Crippen LogP contribution is 2.20. The number of thiocarbonyl (C=S) groups is 1. The first-order valence-corrected chi connectivity index (χ1v) is 10.3. The number of carbonyl (C=O) groups excluding carboxylic acids is 2. The second-order valence-electron chi connectivity index (χ2n) is 6.90. The predicted octanol–water partition coefficient (Wildman–Crippen LogP) is 4.78. The van der Waals surface area contributed by atoms with Crippen molar-refractivity contribution in [2.45, 2.75) is 6.92 Å². The molecule has 32 heavy (non-hydrogen) atoms. The first-order chi connectivity index (χ1) is 15.4. The Labute approximate surface area is 192 Å². The van der Waals surface area contributed by atoms with E-state index in [4.69, 9.17) is 17.0 Å². The minimum absolute atomic E-state index is 0.176. The number of carbonyl (C=O) groups is 2. The van der Waals surface area contributed by atoms with Crippen LogP contribution in [0.25, 0.3) is 6.08 Å². The molecular formula is C25H23N3O3S. The molecule has 0 atom stereocenters. The van der Waals surface area contributed by atoms with Crippen LogP contribution >= 0.6 is 12.2 Å². The number of benzene rings is 3. The average Bonchev–Trinajstić information content (AvgIpc) is 2.80. The van der Waals surface area contributed by atoms with Crippen molar-refractivity contribution < 1.29 is 14.3 Å². The van der Waals surface area contributed by atoms with Crippen LogP contribution in [0, 0.1) is 6.92 Å². The van der Waals surface area contributed by atoms with Crippen LogP contribution in [0.15, 0.2) is 78.9 Å². The van der Waals surface area contributed by atoms with E-state index in [9.17, 15) is 9.59 Å². The molecule has 0 spiro atoms. The van der Waals surface area contributed by atoms with Crippen LogP contribution in [0.5, 0.6) is 5.75 Å². The topological polar surface area (TPSA) is 79.5 Å². The largest absolute Gasteiger partial charge is 0.497 e. The van der Waals surface area contributed by atoms with Gasteiger partial charge < -0.3 is 15.4 Å². The molecule has 3 aromatic rings. The SMILES string of the molecule is COc1ccc(/C=C/C(=O)NC(=S)Nc2ccc(NC(=O)c3ccccc3)c(C)c2)cc1. The predicted molar refractivity (Wildman–Crippen MR) is 132 cm³/mol. The van der Waals surface area contributed by atoms with Gasteiger partial charge >= 0.3 is 0 Å². The normalized spacial score (nSPS) is 10.4. The lowest BCUT2D eigenvalue weighted by atomic mass is 10.1. The minimum Gasteiger partial charge on any atom is -0.497 e. The van der Waals surface area contributed by atoms with Gasteiger partial charge in [-0.2, -0.15) is 0 Å². The standard InChI is InChI=1S/C25H23N3O3S/c1-17-16-20(11-14-22(17)27-24(30)19-6-4-3-5-7-19)26-25(32)28-23(29)15-10-18-8-12-21(31-2)13-9-18/h3-16H,1-2H3,(H,27,30)(H2,26,28,29,32)/b15-10+. The lowest BCUT2D eigenvalue weighted by molar-refractivity contribution is -0.115. The Morgan fingerprint density at radius 2 is 1.66 bits per heavy atom. The molecule has 0 fully saturated rings. The summed E-state index contributed by atoms with van der Waals surface area (Å²) >= 11 is 5.22. The summed E-state index contributed by atoms with van der Waals surface area (Å²) < 4.78 is 5.11. The number of anilines is 2. The summed E-state index contributed by atoms with van der Waals surface area (Å²) in [6.07, 6.45) is 3.09. The summed E-state index contributed by atoms with van der Waals surface area (Å²) in [5.74, 6) is 0.223. The Morgan fingerprint density at radius 3 is 2.31 bits per heavy atom. The summed E-state index contributed by atoms with van der Waals surface area (Å²) in [6.45, 7) is 1.88. The fourth-order valence-corrected chi connectivity index (χ4v) is 3.09. The first-order valence-electron chi connectivity index (χ1n) is 9.86. The van der Waals surface area contributed by atoms with Gasteiger partial charge in [-0.3, -0.25) is 14.9 Å². The molecule has 0 aliphatic carbocycles. The van der Waals surface area contributed by atoms with Gasteiger partial charge in [-0.25, -0.2) is 0 Å². The van der Waals surface area contributed by atoms with Crippen LogP contribution < -0.4 is 20.7 Å². The fraction of sp³-hybridized carbons (Fsp3) is 0.0800. The smallest absolute Gasteiger partial charge is 0.255 e. The molecule has 0 saturated heterocycles. The van der Waals surface area contributed by atoms with Crippen LogP contribution in [0.4, 0.5) is 11.4 Å². The molecule has 7 heteroatoms. The first kappa shape index (κ1) is 22.7. The van der Waals surface area contributed by atoms with E-state index < -0.39 is 0 Å². The van der Waals surface area contributed by atoms with Gasteiger partial charge in [0.05, 0.1) is 7.11 Å². The van der Waals surface area contributed by atoms with Gasteiger partial charge in [0.15, 0.2) is 5.11 Å². The molecular weight excluding hydrogens is 422 g/mol. The Bertz CT molecular complexity index is 1140. The van der Waals surface area contributed by atoms with E-state index in [1.54, 1.807) is 37.5 Å². The van der Waals surface area contributed by atoms with E-state index >= 15 is 0 Å². The molecule has 0 aliphatic heterocycles. The number of hydrogen-bond donors (Lipinski definition) is 3. The molecule has 0 heterocycles. The van der Waals surface area contributed by atoms with E-state index in [-0.39, 0.29) is 16.9 Å². The number of amides is 2. The van der Waals surface area contributed by atoms with Gasteiger partial charge in [0.25, 0.3) is 5.91 Å². The number of ether oxygens (including phenoxy) is 1. The molecule has 2 amide bonds. The maximum absolute atomic E-state index is 12.3. The zero-order chi connectivity index (χ0) is 22.9. The highest BCUT2D eigenvalue weighted by molar-refractivity contribution is 7.80. The van der Waals surface area contributed by atoms with Crippen LogP contribution in [0.1, 0.15) is 21.5 Å². The zero-order valence-electron chi connectivity index (χ0n) is 17.7. The Kier molecular flexibility index (Phi) is 7.72. The molecule has 6 nitrogen and oxygen atoms in total. The van der Waals surface area contributed by atoms with Gasteiger partial charge in [0, 0.05) is 23.0 Å². The van der Waals surface area contributed by atoms with Crippen LogP contribution in [0.3, 0.4) is 0 Å². The molecule has 3 aromatic carbocycles. The third kappa shape index (κ3) is 6.52. The fourth-order valence-electron chi connectivity index (χ4n) is 2.87. The molecule has 0 aromatic heterocycles. The van der Waals surface area contributed by atoms with E-state index in [0.717, 1.165) is 16.9 Å². The third-order valence-electron chi connectivity index (χ3n) is 4.55. The summed E-state index contributed by atoms with van der Waals surface area (Å²) in [7, 11) is 1.60. The van der Waals surface area contributed by atoms with E-state index in [0.29, 0.717) is 16.9 Å². The Balaban J connectivity index is 1.54. The second kappa shape index (κ2) is 10.9. The van der Waals surface area contributed by atoms with Crippen molar-refractivity contribution in [2.75, 3.05) is 17.7 Å². The second-order valence-corrected chi connectivity index (χ2v) is 7.31. The van der Waals surface area contributed by atoms with Gasteiger partial charge in [-0.05, 0) is 78.8 Å². The van der Waals surface area contributed by atoms with Crippen molar-refractivity contribution in [1.29, 1.82) is 0 Å². The maximum atomic E-state index is 12.3. The van der Waals surface area contributed by atoms with Crippen LogP contribution in [0.2, 0.25) is 0 Å². The van der Waals surface area contributed by atoms with Crippen LogP contribution in [-0.4, -0.2) is 24.0 Å². The molecule has 0 radical (unpaired) electrons. The van der Waals surface area contributed by atoms with Gasteiger partial charge in [-0.15, -0.1) is 0 Å². The minimum atomic E-state index is -0.346. The van der Waals surface area contributed by atoms with Gasteiger partial charge in [0.1, 0.15) is 5.75 Å². The molecule has 0 bridgehead atoms. The quantitative estimate of drug-likeness (QED) is 0.376. The number of nitrogens with one attached hydrogen (secondary N) is 3. The number of rotatable bonds is 6. The van der Waals surface area contributed by atoms with Crippen molar-refractivity contribution in [1.82, 2.24) is 5.32 Å². The van der Waals surface area contributed by atoms with Crippen molar-refractivity contribution in [3.63, 3.8) is 0 Å². The number of aryl methyl sites for hydroxylation is 1. The highest BCUT2D eigenvalue weighted by Gasteiger charge is 2.08. The lowest BCUT2D eigenvalue weighted by Gasteiger charge is -2.12. The monoisotopic (exact) mass is 445 g/mol. The highest BCUT2D eigenvalue weighted by atomic mass is 32.1. The summed E-state index contributed by atoms with van der Waals surface area (Å²) in [5.41, 5.74) is 3.70. The number of hydrogen-bond acceptors (Lipinski definition) is 4.